The maximum absolute atomic E-state index is 11.6. The van der Waals surface area contributed by atoms with Gasteiger partial charge in [-0.15, -0.1) is 0 Å². The molecule has 0 aromatic heterocycles. The van der Waals surface area contributed by atoms with Gasteiger partial charge in [-0.05, 0) is 29.7 Å². The smallest absolute Gasteiger partial charge is 0.219 e. The zero-order chi connectivity index (χ0) is 14.1. The molecule has 0 radical (unpaired) electrons. The van der Waals surface area contributed by atoms with Gasteiger partial charge in [-0.25, -0.2) is 0 Å². The molecule has 3 rings (SSSR count). The van der Waals surface area contributed by atoms with Crippen molar-refractivity contribution >= 4 is 11.6 Å². The third-order valence-corrected chi connectivity index (χ3v) is 3.96. The van der Waals surface area contributed by atoms with Crippen molar-refractivity contribution in [1.82, 2.24) is 4.90 Å². The van der Waals surface area contributed by atoms with Crippen LogP contribution in [-0.4, -0.2) is 43.3 Å². The van der Waals surface area contributed by atoms with Crippen LogP contribution in [0.4, 0.5) is 0 Å². The molecule has 0 saturated heterocycles. The van der Waals surface area contributed by atoms with E-state index in [9.17, 15) is 4.79 Å². The first-order chi connectivity index (χ1) is 9.69. The summed E-state index contributed by atoms with van der Waals surface area (Å²) in [7, 11) is 1.67. The zero-order valence-corrected chi connectivity index (χ0v) is 11.8. The van der Waals surface area contributed by atoms with E-state index in [2.05, 4.69) is 4.99 Å². The Kier molecular flexibility index (Phi) is 3.30. The maximum atomic E-state index is 11.6. The first-order valence-corrected chi connectivity index (χ1v) is 6.84. The maximum Gasteiger partial charge on any atom is 0.219 e. The van der Waals surface area contributed by atoms with Crippen LogP contribution in [0.25, 0.3) is 0 Å². The first-order valence-electron chi connectivity index (χ1n) is 6.84. The first kappa shape index (κ1) is 12.9. The molecule has 104 valence electrons. The van der Waals surface area contributed by atoms with Gasteiger partial charge in [-0.3, -0.25) is 9.79 Å². The third kappa shape index (κ3) is 2.22. The van der Waals surface area contributed by atoms with Crippen LogP contribution in [0.1, 0.15) is 18.9 Å². The molecule has 4 nitrogen and oxygen atoms in total. The van der Waals surface area contributed by atoms with E-state index in [0.29, 0.717) is 6.54 Å². The summed E-state index contributed by atoms with van der Waals surface area (Å²) in [6.07, 6.45) is 0.936. The Morgan fingerprint density at radius 2 is 2.25 bits per heavy atom. The fourth-order valence-electron chi connectivity index (χ4n) is 2.79. The number of hydrogen-bond donors (Lipinski definition) is 0. The fourth-order valence-corrected chi connectivity index (χ4v) is 2.79. The summed E-state index contributed by atoms with van der Waals surface area (Å²) < 4.78 is 5.27. The highest BCUT2D eigenvalue weighted by molar-refractivity contribution is 6.15. The van der Waals surface area contributed by atoms with Crippen LogP contribution >= 0.6 is 0 Å². The summed E-state index contributed by atoms with van der Waals surface area (Å²) in [5.41, 5.74) is 4.68. The Balaban J connectivity index is 1.91. The van der Waals surface area contributed by atoms with Crippen molar-refractivity contribution in [2.75, 3.05) is 26.7 Å². The Bertz CT molecular complexity index is 617. The number of aliphatic imine (C=N–C) groups is 1. The topological polar surface area (TPSA) is 41.9 Å². The predicted molar refractivity (Wildman–Crippen MR) is 78.3 cm³/mol. The molecule has 0 atom stereocenters. The van der Waals surface area contributed by atoms with E-state index >= 15 is 0 Å². The number of ether oxygens (including phenoxy) is 1. The van der Waals surface area contributed by atoms with Crippen molar-refractivity contribution in [1.29, 1.82) is 0 Å². The Labute approximate surface area is 118 Å². The normalized spacial score (nSPS) is 17.9. The molecule has 4 heteroatoms. The molecule has 0 fully saturated rings. The van der Waals surface area contributed by atoms with Gasteiger partial charge < -0.3 is 9.64 Å². The summed E-state index contributed by atoms with van der Waals surface area (Å²) in [6.45, 7) is 3.90. The summed E-state index contributed by atoms with van der Waals surface area (Å²) in [5.74, 6) is 0.965. The minimum absolute atomic E-state index is 0.133. The standard InChI is InChI=1S/C16H18N2O2/c1-11(19)18-7-6-13-9-17-16(15(13)10-18)12-4-3-5-14(8-12)20-2/h3-5,8H,6-7,9-10H2,1-2H3. The van der Waals surface area contributed by atoms with Crippen LogP contribution in [0.5, 0.6) is 5.75 Å². The number of hydrogen-bond acceptors (Lipinski definition) is 3. The quantitative estimate of drug-likeness (QED) is 0.825. The lowest BCUT2D eigenvalue weighted by molar-refractivity contribution is -0.128. The van der Waals surface area contributed by atoms with Crippen LogP contribution in [0.3, 0.4) is 0 Å². The predicted octanol–water partition coefficient (Wildman–Crippen LogP) is 2.05. The molecule has 1 aromatic carbocycles. The number of methoxy groups -OCH3 is 1. The molecule has 0 unspecified atom stereocenters. The SMILES string of the molecule is COc1cccc(C2=NCC3=C2CN(C(C)=O)CC3)c1. The fraction of sp³-hybridized carbons (Fsp3) is 0.375. The van der Waals surface area contributed by atoms with Crippen LogP contribution in [0.2, 0.25) is 0 Å². The van der Waals surface area contributed by atoms with Gasteiger partial charge in [-0.1, -0.05) is 12.1 Å². The minimum atomic E-state index is 0.133. The molecule has 0 saturated carbocycles. The number of carbonyl (C=O) groups excluding carboxylic acids is 1. The van der Waals surface area contributed by atoms with E-state index in [-0.39, 0.29) is 5.91 Å². The molecule has 20 heavy (non-hydrogen) atoms. The van der Waals surface area contributed by atoms with Crippen molar-refractivity contribution in [2.24, 2.45) is 4.99 Å². The molecule has 0 bridgehead atoms. The molecule has 0 aliphatic carbocycles. The molecule has 1 aromatic rings. The van der Waals surface area contributed by atoms with Gasteiger partial charge in [0.05, 0.1) is 19.4 Å². The molecule has 2 aliphatic rings. The molecule has 0 N–H and O–H groups in total. The van der Waals surface area contributed by atoms with E-state index in [4.69, 9.17) is 4.74 Å². The largest absolute Gasteiger partial charge is 0.497 e. The highest BCUT2D eigenvalue weighted by atomic mass is 16.5. The van der Waals surface area contributed by atoms with Gasteiger partial charge in [0.2, 0.25) is 5.91 Å². The Hall–Kier alpha value is -2.10. The lowest BCUT2D eigenvalue weighted by Crippen LogP contribution is -2.36. The van der Waals surface area contributed by atoms with Crippen molar-refractivity contribution in [3.63, 3.8) is 0 Å². The molecular formula is C16H18N2O2. The van der Waals surface area contributed by atoms with Gasteiger partial charge in [0.15, 0.2) is 0 Å². The Morgan fingerprint density at radius 1 is 1.40 bits per heavy atom. The van der Waals surface area contributed by atoms with Gasteiger partial charge in [0, 0.05) is 25.6 Å². The minimum Gasteiger partial charge on any atom is -0.497 e. The average Bonchev–Trinajstić information content (AvgIpc) is 2.90. The van der Waals surface area contributed by atoms with Crippen molar-refractivity contribution < 1.29 is 9.53 Å². The molecular weight excluding hydrogens is 252 g/mol. The number of benzene rings is 1. The van der Waals surface area contributed by atoms with E-state index in [1.807, 2.05) is 29.2 Å². The molecule has 0 spiro atoms. The van der Waals surface area contributed by atoms with E-state index in [1.54, 1.807) is 14.0 Å². The lowest BCUT2D eigenvalue weighted by atomic mass is 9.95. The second kappa shape index (κ2) is 5.12. The lowest BCUT2D eigenvalue weighted by Gasteiger charge is -2.28. The summed E-state index contributed by atoms with van der Waals surface area (Å²) >= 11 is 0. The van der Waals surface area contributed by atoms with Crippen LogP contribution < -0.4 is 4.74 Å². The summed E-state index contributed by atoms with van der Waals surface area (Å²) in [6, 6.07) is 7.95. The average molecular weight is 270 g/mol. The van der Waals surface area contributed by atoms with Crippen molar-refractivity contribution in [3.05, 3.63) is 41.0 Å². The molecule has 2 aliphatic heterocycles. The second-order valence-electron chi connectivity index (χ2n) is 5.17. The van der Waals surface area contributed by atoms with Crippen LogP contribution in [-0.2, 0) is 4.79 Å². The Morgan fingerprint density at radius 3 is 3.00 bits per heavy atom. The highest BCUT2D eigenvalue weighted by Gasteiger charge is 2.27. The van der Waals surface area contributed by atoms with Crippen LogP contribution in [0.15, 0.2) is 40.4 Å². The number of rotatable bonds is 2. The summed E-state index contributed by atoms with van der Waals surface area (Å²) in [5, 5.41) is 0. The molecule has 1 amide bonds. The third-order valence-electron chi connectivity index (χ3n) is 3.96. The number of nitrogens with zero attached hydrogens (tertiary/aromatic N) is 2. The van der Waals surface area contributed by atoms with Crippen molar-refractivity contribution in [3.8, 4) is 5.75 Å². The summed E-state index contributed by atoms with van der Waals surface area (Å²) in [4.78, 5) is 18.1. The van der Waals surface area contributed by atoms with Gasteiger partial charge >= 0.3 is 0 Å². The zero-order valence-electron chi connectivity index (χ0n) is 11.8. The van der Waals surface area contributed by atoms with Gasteiger partial charge in [0.25, 0.3) is 0 Å². The van der Waals surface area contributed by atoms with Gasteiger partial charge in [-0.2, -0.15) is 0 Å². The highest BCUT2D eigenvalue weighted by Crippen LogP contribution is 2.28. The van der Waals surface area contributed by atoms with Crippen LogP contribution in [0, 0.1) is 0 Å². The van der Waals surface area contributed by atoms with Gasteiger partial charge in [0.1, 0.15) is 5.75 Å². The monoisotopic (exact) mass is 270 g/mol. The van der Waals surface area contributed by atoms with E-state index in [0.717, 1.165) is 36.5 Å². The number of amides is 1. The number of carbonyl (C=O) groups is 1. The van der Waals surface area contributed by atoms with E-state index < -0.39 is 0 Å². The molecule has 2 heterocycles. The van der Waals surface area contributed by atoms with Crippen molar-refractivity contribution in [2.45, 2.75) is 13.3 Å². The van der Waals surface area contributed by atoms with E-state index in [1.165, 1.54) is 11.1 Å². The second-order valence-corrected chi connectivity index (χ2v) is 5.17.